The maximum Gasteiger partial charge on any atom is 0.416 e. The summed E-state index contributed by atoms with van der Waals surface area (Å²) in [6, 6.07) is 14.4. The van der Waals surface area contributed by atoms with Crippen LogP contribution in [-0.2, 0) is 17.5 Å². The van der Waals surface area contributed by atoms with Crippen molar-refractivity contribution >= 4 is 23.4 Å². The van der Waals surface area contributed by atoms with Gasteiger partial charge in [-0.15, -0.1) is 10.2 Å². The Hall–Kier alpha value is -2.85. The molecule has 1 aromatic heterocycles. The zero-order chi connectivity index (χ0) is 24.0. The number of nitrogens with one attached hydrogen (secondary N) is 1. The van der Waals surface area contributed by atoms with Crippen LogP contribution in [0, 0.1) is 0 Å². The first-order valence-electron chi connectivity index (χ1n) is 10.4. The predicted molar refractivity (Wildman–Crippen MR) is 123 cm³/mol. The Balaban J connectivity index is 1.73. The molecule has 0 fully saturated rings. The number of carbonyl (C=O) groups excluding carboxylic acids is 1. The molecule has 1 N–H and O–H groups in total. The van der Waals surface area contributed by atoms with Gasteiger partial charge in [-0.2, -0.15) is 13.2 Å². The molecular formula is C23H26F3N5OS. The van der Waals surface area contributed by atoms with Crippen LogP contribution < -0.4 is 5.32 Å². The first kappa shape index (κ1) is 24.8. The Morgan fingerprint density at radius 2 is 1.76 bits per heavy atom. The van der Waals surface area contributed by atoms with Gasteiger partial charge in [-0.05, 0) is 50.3 Å². The zero-order valence-corrected chi connectivity index (χ0v) is 19.5. The monoisotopic (exact) mass is 477 g/mol. The van der Waals surface area contributed by atoms with Gasteiger partial charge in [-0.3, -0.25) is 9.69 Å². The Kier molecular flexibility index (Phi) is 8.15. The highest BCUT2D eigenvalue weighted by Crippen LogP contribution is 2.30. The molecule has 1 unspecified atom stereocenters. The van der Waals surface area contributed by atoms with Crippen LogP contribution in [0.5, 0.6) is 0 Å². The van der Waals surface area contributed by atoms with E-state index in [-0.39, 0.29) is 17.7 Å². The fourth-order valence-electron chi connectivity index (χ4n) is 3.42. The molecule has 0 aliphatic carbocycles. The van der Waals surface area contributed by atoms with Crippen molar-refractivity contribution in [2.45, 2.75) is 37.3 Å². The summed E-state index contributed by atoms with van der Waals surface area (Å²) in [7, 11) is 3.97. The normalized spacial score (nSPS) is 12.7. The second kappa shape index (κ2) is 10.8. The van der Waals surface area contributed by atoms with E-state index in [9.17, 15) is 18.0 Å². The number of thioether (sulfide) groups is 1. The second-order valence-corrected chi connectivity index (χ2v) is 8.65. The average molecular weight is 478 g/mol. The van der Waals surface area contributed by atoms with Crippen molar-refractivity contribution in [3.05, 3.63) is 71.5 Å². The van der Waals surface area contributed by atoms with Crippen LogP contribution in [0.15, 0.2) is 59.8 Å². The topological polar surface area (TPSA) is 63.1 Å². The second-order valence-electron chi connectivity index (χ2n) is 7.71. The summed E-state index contributed by atoms with van der Waals surface area (Å²) in [5.41, 5.74) is 0.629. The average Bonchev–Trinajstić information content (AvgIpc) is 3.15. The van der Waals surface area contributed by atoms with E-state index in [1.165, 1.54) is 23.9 Å². The number of nitrogens with zero attached hydrogens (tertiary/aromatic N) is 4. The van der Waals surface area contributed by atoms with Crippen molar-refractivity contribution < 1.29 is 18.0 Å². The van der Waals surface area contributed by atoms with E-state index in [2.05, 4.69) is 27.3 Å². The fraction of sp³-hybridized carbons (Fsp3) is 0.348. The SMILES string of the molecule is CCC(c1nnc(SCC(=O)Nc2ccc(C(F)(F)F)cc2)n1Cc1ccccc1)N(C)C. The highest BCUT2D eigenvalue weighted by atomic mass is 32.2. The minimum Gasteiger partial charge on any atom is -0.325 e. The Bertz CT molecular complexity index is 1050. The number of hydrogen-bond acceptors (Lipinski definition) is 5. The molecule has 0 aliphatic rings. The summed E-state index contributed by atoms with van der Waals surface area (Å²) in [6.45, 7) is 2.65. The Morgan fingerprint density at radius 1 is 1.09 bits per heavy atom. The molecule has 0 saturated carbocycles. The van der Waals surface area contributed by atoms with E-state index in [0.717, 1.165) is 29.9 Å². The molecule has 6 nitrogen and oxygen atoms in total. The summed E-state index contributed by atoms with van der Waals surface area (Å²) < 4.78 is 40.1. The predicted octanol–water partition coefficient (Wildman–Crippen LogP) is 5.09. The lowest BCUT2D eigenvalue weighted by molar-refractivity contribution is -0.137. The number of halogens is 3. The summed E-state index contributed by atoms with van der Waals surface area (Å²) in [6.07, 6.45) is -3.57. The van der Waals surface area contributed by atoms with E-state index < -0.39 is 11.7 Å². The molecule has 33 heavy (non-hydrogen) atoms. The lowest BCUT2D eigenvalue weighted by Gasteiger charge is -2.23. The van der Waals surface area contributed by atoms with E-state index in [1.807, 2.05) is 49.0 Å². The summed E-state index contributed by atoms with van der Waals surface area (Å²) >= 11 is 1.24. The Morgan fingerprint density at radius 3 is 2.33 bits per heavy atom. The van der Waals surface area contributed by atoms with Gasteiger partial charge in [0.25, 0.3) is 0 Å². The van der Waals surface area contributed by atoms with Gasteiger partial charge in [0.2, 0.25) is 5.91 Å². The molecule has 0 saturated heterocycles. The van der Waals surface area contributed by atoms with Crippen molar-refractivity contribution in [2.75, 3.05) is 25.2 Å². The van der Waals surface area contributed by atoms with E-state index >= 15 is 0 Å². The maximum atomic E-state index is 12.7. The number of carbonyl (C=O) groups is 1. The third kappa shape index (κ3) is 6.58. The van der Waals surface area contributed by atoms with Gasteiger partial charge < -0.3 is 9.88 Å². The Labute approximate surface area is 195 Å². The van der Waals surface area contributed by atoms with Gasteiger partial charge in [0.1, 0.15) is 0 Å². The lowest BCUT2D eigenvalue weighted by Crippen LogP contribution is -2.23. The van der Waals surface area contributed by atoms with Crippen molar-refractivity contribution in [1.29, 1.82) is 0 Å². The standard InChI is InChI=1S/C23H26F3N5OS/c1-4-19(30(2)3)21-28-29-22(31(21)14-16-8-6-5-7-9-16)33-15-20(32)27-18-12-10-17(11-13-18)23(24,25)26/h5-13,19H,4,14-15H2,1-3H3,(H,27,32). The largest absolute Gasteiger partial charge is 0.416 e. The molecule has 0 radical (unpaired) electrons. The molecule has 2 aromatic carbocycles. The zero-order valence-electron chi connectivity index (χ0n) is 18.6. The highest BCUT2D eigenvalue weighted by Gasteiger charge is 2.30. The molecule has 1 amide bonds. The third-order valence-corrected chi connectivity index (χ3v) is 6.03. The van der Waals surface area contributed by atoms with Crippen LogP contribution in [-0.4, -0.2) is 45.4 Å². The molecular weight excluding hydrogens is 451 g/mol. The molecule has 1 atom stereocenters. The van der Waals surface area contributed by atoms with Crippen LogP contribution in [0.2, 0.25) is 0 Å². The van der Waals surface area contributed by atoms with Gasteiger partial charge in [0, 0.05) is 5.69 Å². The number of aromatic nitrogens is 3. The van der Waals surface area contributed by atoms with Crippen LogP contribution in [0.3, 0.4) is 0 Å². The smallest absolute Gasteiger partial charge is 0.325 e. The third-order valence-electron chi connectivity index (χ3n) is 5.07. The number of amides is 1. The first-order chi connectivity index (χ1) is 15.7. The van der Waals surface area contributed by atoms with E-state index in [4.69, 9.17) is 0 Å². The maximum absolute atomic E-state index is 12.7. The van der Waals surface area contributed by atoms with Crippen LogP contribution in [0.25, 0.3) is 0 Å². The van der Waals surface area contributed by atoms with Gasteiger partial charge in [0.05, 0.1) is 23.9 Å². The molecule has 1 heterocycles. The van der Waals surface area contributed by atoms with Gasteiger partial charge in [0.15, 0.2) is 11.0 Å². The number of benzene rings is 2. The number of rotatable bonds is 9. The number of alkyl halides is 3. The summed E-state index contributed by atoms with van der Waals surface area (Å²) in [4.78, 5) is 14.5. The number of hydrogen-bond donors (Lipinski definition) is 1. The van der Waals surface area contributed by atoms with Crippen LogP contribution in [0.4, 0.5) is 18.9 Å². The minimum atomic E-state index is -4.41. The molecule has 3 rings (SSSR count). The number of anilines is 1. The van der Waals surface area contributed by atoms with Crippen LogP contribution >= 0.6 is 11.8 Å². The van der Waals surface area contributed by atoms with E-state index in [0.29, 0.717) is 17.4 Å². The van der Waals surface area contributed by atoms with Gasteiger partial charge >= 0.3 is 6.18 Å². The van der Waals surface area contributed by atoms with Crippen molar-refractivity contribution in [1.82, 2.24) is 19.7 Å². The summed E-state index contributed by atoms with van der Waals surface area (Å²) in [5, 5.41) is 12.0. The molecule has 10 heteroatoms. The van der Waals surface area contributed by atoms with E-state index in [1.54, 1.807) is 0 Å². The fourth-order valence-corrected chi connectivity index (χ4v) is 4.16. The highest BCUT2D eigenvalue weighted by molar-refractivity contribution is 7.99. The van der Waals surface area contributed by atoms with Crippen molar-refractivity contribution in [3.63, 3.8) is 0 Å². The quantitative estimate of drug-likeness (QED) is 0.435. The molecule has 0 bridgehead atoms. The van der Waals surface area contributed by atoms with Gasteiger partial charge in [-0.1, -0.05) is 49.0 Å². The minimum absolute atomic E-state index is 0.0483. The lowest BCUT2D eigenvalue weighted by atomic mass is 10.2. The molecule has 0 spiro atoms. The summed E-state index contributed by atoms with van der Waals surface area (Å²) in [5.74, 6) is 0.527. The van der Waals surface area contributed by atoms with Crippen molar-refractivity contribution in [2.24, 2.45) is 0 Å². The molecule has 0 aliphatic heterocycles. The first-order valence-corrected chi connectivity index (χ1v) is 11.4. The van der Waals surface area contributed by atoms with Crippen molar-refractivity contribution in [3.8, 4) is 0 Å². The van der Waals surface area contributed by atoms with Crippen LogP contribution in [0.1, 0.15) is 36.3 Å². The molecule has 3 aromatic rings. The molecule has 176 valence electrons. The van der Waals surface area contributed by atoms with Gasteiger partial charge in [-0.25, -0.2) is 0 Å².